The topological polar surface area (TPSA) is 104 Å². The van der Waals surface area contributed by atoms with Gasteiger partial charge in [0.1, 0.15) is 28.0 Å². The zero-order valence-corrected chi connectivity index (χ0v) is 24.5. The van der Waals surface area contributed by atoms with Gasteiger partial charge in [0.15, 0.2) is 11.5 Å². The third kappa shape index (κ3) is 5.69. The van der Waals surface area contributed by atoms with E-state index >= 15 is 0 Å². The van der Waals surface area contributed by atoms with E-state index in [2.05, 4.69) is 13.0 Å². The van der Waals surface area contributed by atoms with Crippen molar-refractivity contribution in [1.29, 1.82) is 5.26 Å². The van der Waals surface area contributed by atoms with Crippen LogP contribution >= 0.6 is 22.9 Å². The Hall–Kier alpha value is -4.19. The number of hydrogen-bond donors (Lipinski definition) is 1. The summed E-state index contributed by atoms with van der Waals surface area (Å²) >= 11 is 7.80. The van der Waals surface area contributed by atoms with Crippen molar-refractivity contribution in [1.82, 2.24) is 0 Å². The highest BCUT2D eigenvalue weighted by Gasteiger charge is 2.32. The Kier molecular flexibility index (Phi) is 8.39. The SMILES string of the molecule is CCCCCOc1ccc(C2C(C#N)=C(N)Oc3cc(OC(=O)c4sc5cc(C)ccc5c4Cl)ccc32)cc1OC. The number of allylic oxidation sites excluding steroid dienone is 1. The number of rotatable bonds is 9. The number of nitrogens with zero attached hydrogens (tertiary/aromatic N) is 1. The van der Waals surface area contributed by atoms with Gasteiger partial charge < -0.3 is 24.7 Å². The monoisotopic (exact) mass is 588 g/mol. The lowest BCUT2D eigenvalue weighted by Gasteiger charge is -2.27. The predicted octanol–water partition coefficient (Wildman–Crippen LogP) is 7.88. The molecule has 5 rings (SSSR count). The number of aryl methyl sites for hydroxylation is 1. The van der Waals surface area contributed by atoms with Crippen LogP contribution in [0.3, 0.4) is 0 Å². The van der Waals surface area contributed by atoms with E-state index in [-0.39, 0.29) is 17.2 Å². The Labute approximate surface area is 247 Å². The van der Waals surface area contributed by atoms with Gasteiger partial charge in [-0.1, -0.05) is 55.6 Å². The van der Waals surface area contributed by atoms with E-state index in [4.69, 9.17) is 36.3 Å². The zero-order valence-electron chi connectivity index (χ0n) is 23.0. The van der Waals surface area contributed by atoms with Crippen LogP contribution in [0.1, 0.15) is 58.5 Å². The van der Waals surface area contributed by atoms with Gasteiger partial charge in [0, 0.05) is 21.7 Å². The molecule has 0 spiro atoms. The van der Waals surface area contributed by atoms with Crippen molar-refractivity contribution in [3.05, 3.63) is 92.6 Å². The molecule has 1 aliphatic rings. The fraction of sp³-hybridized carbons (Fsp3) is 0.250. The van der Waals surface area contributed by atoms with Crippen molar-refractivity contribution in [2.45, 2.75) is 39.0 Å². The number of esters is 1. The van der Waals surface area contributed by atoms with Crippen LogP contribution in [-0.4, -0.2) is 19.7 Å². The Morgan fingerprint density at radius 3 is 2.71 bits per heavy atom. The predicted molar refractivity (Wildman–Crippen MR) is 160 cm³/mol. The maximum atomic E-state index is 13.1. The molecule has 3 aromatic carbocycles. The van der Waals surface area contributed by atoms with Gasteiger partial charge >= 0.3 is 5.97 Å². The lowest BCUT2D eigenvalue weighted by molar-refractivity contribution is 0.0740. The number of nitrogens with two attached hydrogens (primary N) is 1. The molecule has 0 saturated carbocycles. The molecule has 4 aromatic rings. The molecule has 1 aliphatic heterocycles. The normalized spacial score (nSPS) is 14.3. The molecule has 1 unspecified atom stereocenters. The van der Waals surface area contributed by atoms with Crippen molar-refractivity contribution in [2.75, 3.05) is 13.7 Å². The van der Waals surface area contributed by atoms with E-state index in [0.717, 1.165) is 40.5 Å². The molecule has 0 amide bonds. The summed E-state index contributed by atoms with van der Waals surface area (Å²) < 4.78 is 24.0. The van der Waals surface area contributed by atoms with Gasteiger partial charge in [-0.05, 0) is 48.7 Å². The van der Waals surface area contributed by atoms with Crippen LogP contribution in [0.15, 0.2) is 66.1 Å². The highest BCUT2D eigenvalue weighted by atomic mass is 35.5. The molecule has 1 atom stereocenters. The average molecular weight is 589 g/mol. The quantitative estimate of drug-likeness (QED) is 0.120. The van der Waals surface area contributed by atoms with Crippen LogP contribution in [0.5, 0.6) is 23.0 Å². The summed E-state index contributed by atoms with van der Waals surface area (Å²) in [7, 11) is 1.58. The Bertz CT molecular complexity index is 1700. The number of halogens is 1. The van der Waals surface area contributed by atoms with Crippen molar-refractivity contribution in [2.24, 2.45) is 5.73 Å². The number of hydrogen-bond acceptors (Lipinski definition) is 8. The Morgan fingerprint density at radius 1 is 1.12 bits per heavy atom. The largest absolute Gasteiger partial charge is 0.493 e. The summed E-state index contributed by atoms with van der Waals surface area (Å²) in [5.74, 6) is 0.734. The minimum Gasteiger partial charge on any atom is -0.493 e. The third-order valence-corrected chi connectivity index (χ3v) is 8.54. The number of thiophene rings is 1. The molecule has 0 saturated heterocycles. The summed E-state index contributed by atoms with van der Waals surface area (Å²) in [4.78, 5) is 13.4. The van der Waals surface area contributed by atoms with E-state index in [0.29, 0.717) is 39.3 Å². The smallest absolute Gasteiger partial charge is 0.355 e. The summed E-state index contributed by atoms with van der Waals surface area (Å²) in [6.45, 7) is 4.71. The van der Waals surface area contributed by atoms with Crippen LogP contribution in [-0.2, 0) is 0 Å². The maximum Gasteiger partial charge on any atom is 0.355 e. The highest BCUT2D eigenvalue weighted by Crippen LogP contribution is 2.45. The van der Waals surface area contributed by atoms with Crippen molar-refractivity contribution < 1.29 is 23.7 Å². The second kappa shape index (κ2) is 12.1. The summed E-state index contributed by atoms with van der Waals surface area (Å²) in [5, 5.41) is 11.1. The first-order valence-corrected chi connectivity index (χ1v) is 14.5. The van der Waals surface area contributed by atoms with Crippen molar-refractivity contribution in [3.8, 4) is 29.1 Å². The van der Waals surface area contributed by atoms with Crippen molar-refractivity contribution >= 4 is 39.0 Å². The molecule has 0 aliphatic carbocycles. The maximum absolute atomic E-state index is 13.1. The summed E-state index contributed by atoms with van der Waals surface area (Å²) in [5.41, 5.74) is 9.03. The number of benzene rings is 3. The third-order valence-electron chi connectivity index (χ3n) is 6.90. The van der Waals surface area contributed by atoms with Gasteiger partial charge in [-0.2, -0.15) is 5.26 Å². The van der Waals surface area contributed by atoms with Crippen LogP contribution in [0, 0.1) is 18.3 Å². The number of nitriles is 1. The highest BCUT2D eigenvalue weighted by molar-refractivity contribution is 7.21. The number of carbonyl (C=O) groups is 1. The average Bonchev–Trinajstić information content (AvgIpc) is 3.29. The van der Waals surface area contributed by atoms with Crippen molar-refractivity contribution in [3.63, 3.8) is 0 Å². The van der Waals surface area contributed by atoms with Crippen LogP contribution < -0.4 is 24.7 Å². The van der Waals surface area contributed by atoms with Gasteiger partial charge in [-0.25, -0.2) is 4.79 Å². The van der Waals surface area contributed by atoms with E-state index in [1.165, 1.54) is 11.3 Å². The molecule has 0 bridgehead atoms. The second-order valence-corrected chi connectivity index (χ2v) is 11.2. The number of carbonyl (C=O) groups excluding carboxylic acids is 1. The lowest BCUT2D eigenvalue weighted by atomic mass is 9.83. The molecule has 9 heteroatoms. The summed E-state index contributed by atoms with van der Waals surface area (Å²) in [6.07, 6.45) is 3.14. The molecule has 1 aromatic heterocycles. The van der Waals surface area contributed by atoms with Gasteiger partial charge in [-0.3, -0.25) is 0 Å². The lowest BCUT2D eigenvalue weighted by Crippen LogP contribution is -2.21. The standard InChI is InChI=1S/C32H29ClN2O5S/c1-4-5-6-13-38-24-12-8-19(15-26(24)37-3)28-21-11-9-20(16-25(21)40-31(35)23(28)17-34)39-32(36)30-29(33)22-10-7-18(2)14-27(22)41-30/h7-12,14-16,28H,4-6,13,35H2,1-3H3. The van der Waals surface area contributed by atoms with E-state index in [1.807, 2.05) is 43.3 Å². The first-order chi connectivity index (χ1) is 19.8. The van der Waals surface area contributed by atoms with Crippen LogP contribution in [0.2, 0.25) is 5.02 Å². The molecule has 7 nitrogen and oxygen atoms in total. The number of methoxy groups -OCH3 is 1. The molecule has 0 fully saturated rings. The number of fused-ring (bicyclic) bond motifs is 2. The minimum absolute atomic E-state index is 0.0183. The molecular weight excluding hydrogens is 560 g/mol. The molecule has 2 N–H and O–H groups in total. The molecule has 41 heavy (non-hydrogen) atoms. The number of unbranched alkanes of at least 4 members (excludes halogenated alkanes) is 2. The van der Waals surface area contributed by atoms with E-state index in [1.54, 1.807) is 25.3 Å². The number of ether oxygens (including phenoxy) is 4. The molecule has 2 heterocycles. The first-order valence-electron chi connectivity index (χ1n) is 13.3. The first kappa shape index (κ1) is 28.3. The summed E-state index contributed by atoms with van der Waals surface area (Å²) in [6, 6.07) is 18.6. The second-order valence-electron chi connectivity index (χ2n) is 9.72. The van der Waals surface area contributed by atoms with Gasteiger partial charge in [0.25, 0.3) is 0 Å². The molecule has 210 valence electrons. The van der Waals surface area contributed by atoms with E-state index in [9.17, 15) is 10.1 Å². The molecular formula is C32H29ClN2O5S. The Morgan fingerprint density at radius 2 is 1.95 bits per heavy atom. The van der Waals surface area contributed by atoms with Gasteiger partial charge in [-0.15, -0.1) is 11.3 Å². The minimum atomic E-state index is -0.568. The zero-order chi connectivity index (χ0) is 29.1. The van der Waals surface area contributed by atoms with Crippen LogP contribution in [0.4, 0.5) is 0 Å². The fourth-order valence-corrected chi connectivity index (χ4v) is 6.30. The van der Waals surface area contributed by atoms with Gasteiger partial charge in [0.2, 0.25) is 5.88 Å². The van der Waals surface area contributed by atoms with Crippen LogP contribution in [0.25, 0.3) is 10.1 Å². The van der Waals surface area contributed by atoms with E-state index < -0.39 is 11.9 Å². The fourth-order valence-electron chi connectivity index (χ4n) is 4.82. The Balaban J connectivity index is 1.44. The molecule has 0 radical (unpaired) electrons. The van der Waals surface area contributed by atoms with Gasteiger partial charge in [0.05, 0.1) is 24.7 Å².